The van der Waals surface area contributed by atoms with E-state index in [1.807, 2.05) is 0 Å². The largest absolute Gasteiger partial charge is 0.482 e. The first kappa shape index (κ1) is 19.2. The van der Waals surface area contributed by atoms with Crippen molar-refractivity contribution < 1.29 is 32.2 Å². The molecule has 0 bridgehead atoms. The zero-order valence-corrected chi connectivity index (χ0v) is 14.8. The van der Waals surface area contributed by atoms with Gasteiger partial charge in [0.05, 0.1) is 5.69 Å². The Morgan fingerprint density at radius 3 is 2.52 bits per heavy atom. The molecule has 1 amide bonds. The second kappa shape index (κ2) is 7.56. The molecule has 0 aliphatic carbocycles. The van der Waals surface area contributed by atoms with Crippen LogP contribution < -0.4 is 19.5 Å². The Morgan fingerprint density at radius 2 is 1.85 bits per heavy atom. The van der Waals surface area contributed by atoms with Crippen LogP contribution in [0, 0.1) is 0 Å². The van der Waals surface area contributed by atoms with Gasteiger partial charge in [-0.05, 0) is 37.3 Å². The molecule has 0 aromatic heterocycles. The Labute approximate surface area is 158 Å². The first-order chi connectivity index (χ1) is 12.7. The monoisotopic (exact) mass is 401 g/mol. The molecule has 0 spiro atoms. The molecule has 1 N–H and O–H groups in total. The van der Waals surface area contributed by atoms with Crippen molar-refractivity contribution in [1.82, 2.24) is 0 Å². The van der Waals surface area contributed by atoms with Gasteiger partial charge in [-0.1, -0.05) is 23.7 Å². The van der Waals surface area contributed by atoms with Crippen LogP contribution in [0.4, 0.5) is 18.9 Å². The summed E-state index contributed by atoms with van der Waals surface area (Å²) in [7, 11) is 0. The summed E-state index contributed by atoms with van der Waals surface area (Å²) in [6, 6.07) is 10.8. The maximum Gasteiger partial charge on any atom is 0.422 e. The van der Waals surface area contributed by atoms with Crippen molar-refractivity contribution in [2.45, 2.75) is 25.3 Å². The molecule has 2 aromatic rings. The maximum atomic E-state index is 12.6. The smallest absolute Gasteiger partial charge is 0.422 e. The molecule has 0 saturated carbocycles. The number of fused-ring (bicyclic) bond motifs is 1. The predicted molar refractivity (Wildman–Crippen MR) is 92.6 cm³/mol. The second-order valence-corrected chi connectivity index (χ2v) is 6.28. The number of para-hydroxylation sites is 2. The molecule has 0 unspecified atom stereocenters. The summed E-state index contributed by atoms with van der Waals surface area (Å²) < 4.78 is 53.4. The van der Waals surface area contributed by atoms with Gasteiger partial charge in [-0.25, -0.2) is 0 Å². The first-order valence-corrected chi connectivity index (χ1v) is 8.33. The Kier molecular flexibility index (Phi) is 5.36. The number of nitrogens with one attached hydrogen (secondary N) is 1. The van der Waals surface area contributed by atoms with Gasteiger partial charge in [-0.3, -0.25) is 4.79 Å². The number of carbonyl (C=O) groups excluding carboxylic acids is 1. The highest BCUT2D eigenvalue weighted by Gasteiger charge is 2.35. The highest BCUT2D eigenvalue weighted by atomic mass is 35.5. The van der Waals surface area contributed by atoms with Crippen LogP contribution in [0.25, 0.3) is 0 Å². The van der Waals surface area contributed by atoms with Crippen LogP contribution >= 0.6 is 11.6 Å². The molecule has 27 heavy (non-hydrogen) atoms. The number of ether oxygens (including phenoxy) is 3. The lowest BCUT2D eigenvalue weighted by molar-refractivity contribution is -0.153. The fourth-order valence-corrected chi connectivity index (χ4v) is 2.67. The molecule has 5 nitrogen and oxygen atoms in total. The fraction of sp³-hybridized carbons (Fsp3) is 0.278. The van der Waals surface area contributed by atoms with Gasteiger partial charge < -0.3 is 19.5 Å². The van der Waals surface area contributed by atoms with Crippen molar-refractivity contribution in [3.05, 3.63) is 47.5 Å². The van der Waals surface area contributed by atoms with Gasteiger partial charge in [-0.15, -0.1) is 0 Å². The van der Waals surface area contributed by atoms with E-state index >= 15 is 0 Å². The predicted octanol–water partition coefficient (Wildman–Crippen LogP) is 4.45. The highest BCUT2D eigenvalue weighted by molar-refractivity contribution is 6.31. The number of rotatable bonds is 4. The van der Waals surface area contributed by atoms with Crippen LogP contribution in [-0.2, 0) is 4.79 Å². The minimum Gasteiger partial charge on any atom is -0.482 e. The van der Waals surface area contributed by atoms with Crippen molar-refractivity contribution >= 4 is 23.2 Å². The minimum absolute atomic E-state index is 0.00593. The minimum atomic E-state index is -4.51. The van der Waals surface area contributed by atoms with Crippen LogP contribution in [0.1, 0.15) is 6.92 Å². The van der Waals surface area contributed by atoms with E-state index in [-0.39, 0.29) is 16.5 Å². The number of halogens is 4. The molecule has 9 heteroatoms. The lowest BCUT2D eigenvalue weighted by atomic mass is 10.1. The summed E-state index contributed by atoms with van der Waals surface area (Å²) in [6.45, 7) is 0.156. The first-order valence-electron chi connectivity index (χ1n) is 7.95. The van der Waals surface area contributed by atoms with Crippen molar-refractivity contribution in [1.29, 1.82) is 0 Å². The summed E-state index contributed by atoms with van der Waals surface area (Å²) in [5.74, 6) is 0.146. The van der Waals surface area contributed by atoms with E-state index in [0.717, 1.165) is 0 Å². The topological polar surface area (TPSA) is 56.8 Å². The quantitative estimate of drug-likeness (QED) is 0.822. The maximum absolute atomic E-state index is 12.6. The van der Waals surface area contributed by atoms with E-state index in [9.17, 15) is 18.0 Å². The molecule has 2 aromatic carbocycles. The number of hydrogen-bond acceptors (Lipinski definition) is 4. The van der Waals surface area contributed by atoms with E-state index in [1.165, 1.54) is 18.2 Å². The van der Waals surface area contributed by atoms with E-state index in [1.54, 1.807) is 31.2 Å². The van der Waals surface area contributed by atoms with Crippen LogP contribution in [0.15, 0.2) is 42.5 Å². The van der Waals surface area contributed by atoms with Gasteiger partial charge in [0.1, 0.15) is 11.9 Å². The third kappa shape index (κ3) is 4.77. The highest BCUT2D eigenvalue weighted by Crippen LogP contribution is 2.35. The molecule has 1 heterocycles. The average molecular weight is 402 g/mol. The number of hydrogen-bond donors (Lipinski definition) is 1. The van der Waals surface area contributed by atoms with Crippen molar-refractivity contribution in [2.24, 2.45) is 0 Å². The molecular weight excluding hydrogens is 387 g/mol. The fourth-order valence-electron chi connectivity index (χ4n) is 2.50. The molecule has 144 valence electrons. The third-order valence-corrected chi connectivity index (χ3v) is 3.93. The lowest BCUT2D eigenvalue weighted by Crippen LogP contribution is -2.46. The summed E-state index contributed by atoms with van der Waals surface area (Å²) in [5.41, 5.74) is 0.00593. The number of benzene rings is 2. The molecule has 0 radical (unpaired) electrons. The molecule has 1 aliphatic rings. The summed E-state index contributed by atoms with van der Waals surface area (Å²) in [6.07, 6.45) is -6.13. The Hall–Kier alpha value is -2.61. The Balaban J connectivity index is 1.77. The Morgan fingerprint density at radius 1 is 1.19 bits per heavy atom. The number of carbonyl (C=O) groups is 1. The SMILES string of the molecule is C[C@@H]1Oc2ccccc2O[C@H]1C(=O)Nc1cc(Cl)ccc1OCC(F)(F)F. The Bertz CT molecular complexity index is 844. The van der Waals surface area contributed by atoms with Crippen LogP contribution in [0.3, 0.4) is 0 Å². The number of amides is 1. The molecule has 3 rings (SSSR count). The van der Waals surface area contributed by atoms with Gasteiger partial charge in [0.15, 0.2) is 18.1 Å². The third-order valence-electron chi connectivity index (χ3n) is 3.69. The lowest BCUT2D eigenvalue weighted by Gasteiger charge is -2.31. The molecule has 1 aliphatic heterocycles. The second-order valence-electron chi connectivity index (χ2n) is 5.84. The van der Waals surface area contributed by atoms with Crippen LogP contribution in [-0.4, -0.2) is 30.9 Å². The van der Waals surface area contributed by atoms with Gasteiger partial charge in [-0.2, -0.15) is 13.2 Å². The summed E-state index contributed by atoms with van der Waals surface area (Å²) >= 11 is 5.89. The molecular formula is C18H15ClF3NO4. The van der Waals surface area contributed by atoms with Crippen LogP contribution in [0.5, 0.6) is 17.2 Å². The van der Waals surface area contributed by atoms with E-state index in [2.05, 4.69) is 5.32 Å². The van der Waals surface area contributed by atoms with E-state index in [0.29, 0.717) is 11.5 Å². The standard InChI is InChI=1S/C18H15ClF3NO4/c1-10-16(27-15-5-3-2-4-14(15)26-10)17(24)23-12-8-11(19)6-7-13(12)25-9-18(20,21)22/h2-8,10,16H,9H2,1H3,(H,23,24)/t10-,16+/m0/s1. The molecule has 0 saturated heterocycles. The van der Waals surface area contributed by atoms with E-state index < -0.39 is 30.9 Å². The van der Waals surface area contributed by atoms with Gasteiger partial charge in [0.2, 0.25) is 6.10 Å². The molecule has 0 fully saturated rings. The zero-order chi connectivity index (χ0) is 19.6. The van der Waals surface area contributed by atoms with Crippen LogP contribution in [0.2, 0.25) is 5.02 Å². The summed E-state index contributed by atoms with van der Waals surface area (Å²) in [5, 5.41) is 2.72. The van der Waals surface area contributed by atoms with Gasteiger partial charge in [0, 0.05) is 5.02 Å². The average Bonchev–Trinajstić information content (AvgIpc) is 2.59. The van der Waals surface area contributed by atoms with Crippen molar-refractivity contribution in [3.63, 3.8) is 0 Å². The van der Waals surface area contributed by atoms with E-state index in [4.69, 9.17) is 25.8 Å². The number of anilines is 1. The molecule has 2 atom stereocenters. The van der Waals surface area contributed by atoms with Crippen molar-refractivity contribution in [2.75, 3.05) is 11.9 Å². The number of alkyl halides is 3. The van der Waals surface area contributed by atoms with Gasteiger partial charge in [0.25, 0.3) is 5.91 Å². The summed E-state index contributed by atoms with van der Waals surface area (Å²) in [4.78, 5) is 12.6. The normalized spacial score (nSPS) is 18.7. The zero-order valence-electron chi connectivity index (χ0n) is 14.0. The van der Waals surface area contributed by atoms with Crippen molar-refractivity contribution in [3.8, 4) is 17.2 Å². The van der Waals surface area contributed by atoms with Gasteiger partial charge >= 0.3 is 6.18 Å².